The van der Waals surface area contributed by atoms with Gasteiger partial charge in [-0.3, -0.25) is 0 Å². The van der Waals surface area contributed by atoms with Crippen molar-refractivity contribution in [2.24, 2.45) is 4.99 Å². The van der Waals surface area contributed by atoms with E-state index in [1.165, 1.54) is 17.6 Å². The van der Waals surface area contributed by atoms with Gasteiger partial charge in [0.25, 0.3) is 0 Å². The molecule has 0 atom stereocenters. The molecule has 0 saturated heterocycles. The van der Waals surface area contributed by atoms with Gasteiger partial charge < -0.3 is 4.74 Å². The van der Waals surface area contributed by atoms with Crippen LogP contribution < -0.4 is 4.74 Å². The molecule has 1 aromatic heterocycles. The largest absolute Gasteiger partial charge is 0.497 e. The van der Waals surface area contributed by atoms with Gasteiger partial charge in [-0.05, 0) is 41.4 Å². The standard InChI is InChI=1S/C11H8N2O2S/c1-15-9-4-2-8(3-5-9)11-10(12-7-14)6-13-16-11/h2-6H,1H3. The lowest BCUT2D eigenvalue weighted by atomic mass is 10.1. The van der Waals surface area contributed by atoms with E-state index in [0.717, 1.165) is 16.2 Å². The number of rotatable bonds is 3. The molecule has 0 amide bonds. The Bertz CT molecular complexity index is 527. The summed E-state index contributed by atoms with van der Waals surface area (Å²) in [6, 6.07) is 7.50. The third-order valence-corrected chi connectivity index (χ3v) is 2.91. The van der Waals surface area contributed by atoms with Gasteiger partial charge in [0.1, 0.15) is 11.4 Å². The topological polar surface area (TPSA) is 51.6 Å². The minimum Gasteiger partial charge on any atom is -0.497 e. The number of isocyanates is 1. The summed E-state index contributed by atoms with van der Waals surface area (Å²) in [5.41, 5.74) is 1.50. The zero-order chi connectivity index (χ0) is 11.4. The lowest BCUT2D eigenvalue weighted by Gasteiger charge is -2.01. The van der Waals surface area contributed by atoms with Crippen LogP contribution in [0.15, 0.2) is 35.5 Å². The van der Waals surface area contributed by atoms with Crippen LogP contribution in [0.1, 0.15) is 0 Å². The normalized spacial score (nSPS) is 9.56. The highest BCUT2D eigenvalue weighted by atomic mass is 32.1. The molecule has 0 radical (unpaired) electrons. The summed E-state index contributed by atoms with van der Waals surface area (Å²) in [6.45, 7) is 0. The smallest absolute Gasteiger partial charge is 0.240 e. The highest BCUT2D eigenvalue weighted by Gasteiger charge is 2.07. The SMILES string of the molecule is COc1ccc(-c2sncc2N=C=O)cc1. The Morgan fingerprint density at radius 3 is 2.75 bits per heavy atom. The van der Waals surface area contributed by atoms with Crippen LogP contribution in [0.5, 0.6) is 5.75 Å². The molecule has 0 aliphatic rings. The van der Waals surface area contributed by atoms with Crippen LogP contribution in [-0.4, -0.2) is 17.6 Å². The molecule has 1 heterocycles. The van der Waals surface area contributed by atoms with Crippen LogP contribution in [0.3, 0.4) is 0 Å². The number of nitrogens with zero attached hydrogens (tertiary/aromatic N) is 2. The first kappa shape index (κ1) is 10.5. The van der Waals surface area contributed by atoms with Crippen molar-refractivity contribution >= 4 is 23.3 Å². The highest BCUT2D eigenvalue weighted by molar-refractivity contribution is 7.10. The summed E-state index contributed by atoms with van der Waals surface area (Å²) in [5.74, 6) is 0.786. The second-order valence-corrected chi connectivity index (χ2v) is 3.77. The summed E-state index contributed by atoms with van der Waals surface area (Å²) in [6.07, 6.45) is 3.07. The van der Waals surface area contributed by atoms with E-state index in [4.69, 9.17) is 4.74 Å². The fourth-order valence-electron chi connectivity index (χ4n) is 1.31. The molecule has 0 saturated carbocycles. The van der Waals surface area contributed by atoms with Crippen molar-refractivity contribution in [2.45, 2.75) is 0 Å². The fourth-order valence-corrected chi connectivity index (χ4v) is 2.00. The first-order chi connectivity index (χ1) is 7.85. The third-order valence-electron chi connectivity index (χ3n) is 2.07. The Labute approximate surface area is 96.4 Å². The summed E-state index contributed by atoms with van der Waals surface area (Å²) >= 11 is 1.29. The molecule has 0 unspecified atom stereocenters. The molecule has 5 heteroatoms. The molecule has 0 fully saturated rings. The van der Waals surface area contributed by atoms with Crippen LogP contribution in [0.2, 0.25) is 0 Å². The minimum absolute atomic E-state index is 0.546. The van der Waals surface area contributed by atoms with Crippen LogP contribution in [-0.2, 0) is 4.79 Å². The van der Waals surface area contributed by atoms with E-state index in [1.807, 2.05) is 24.3 Å². The van der Waals surface area contributed by atoms with Gasteiger partial charge in [-0.25, -0.2) is 4.79 Å². The Morgan fingerprint density at radius 2 is 2.12 bits per heavy atom. The molecular weight excluding hydrogens is 224 g/mol. The maximum Gasteiger partial charge on any atom is 0.240 e. The van der Waals surface area contributed by atoms with Gasteiger partial charge in [0, 0.05) is 0 Å². The van der Waals surface area contributed by atoms with Crippen LogP contribution >= 0.6 is 11.5 Å². The lowest BCUT2D eigenvalue weighted by molar-refractivity contribution is 0.415. The van der Waals surface area contributed by atoms with E-state index >= 15 is 0 Å². The van der Waals surface area contributed by atoms with Gasteiger partial charge in [-0.15, -0.1) is 0 Å². The third kappa shape index (κ3) is 2.00. The van der Waals surface area contributed by atoms with Gasteiger partial charge in [0.05, 0.1) is 18.2 Å². The molecule has 1 aromatic carbocycles. The predicted molar refractivity (Wildman–Crippen MR) is 61.9 cm³/mol. The number of aromatic nitrogens is 1. The van der Waals surface area contributed by atoms with Gasteiger partial charge in [-0.2, -0.15) is 9.37 Å². The molecule has 0 aliphatic heterocycles. The van der Waals surface area contributed by atoms with Crippen LogP contribution in [0, 0.1) is 0 Å². The van der Waals surface area contributed by atoms with E-state index in [0.29, 0.717) is 5.69 Å². The highest BCUT2D eigenvalue weighted by Crippen LogP contribution is 2.34. The summed E-state index contributed by atoms with van der Waals surface area (Å²) in [4.78, 5) is 14.7. The Hall–Kier alpha value is -1.97. The van der Waals surface area contributed by atoms with Crippen molar-refractivity contribution in [3.05, 3.63) is 30.5 Å². The summed E-state index contributed by atoms with van der Waals surface area (Å²) in [7, 11) is 1.61. The molecule has 0 N–H and O–H groups in total. The Morgan fingerprint density at radius 1 is 1.38 bits per heavy atom. The van der Waals surface area contributed by atoms with Gasteiger partial charge >= 0.3 is 0 Å². The number of carbonyl (C=O) groups excluding carboxylic acids is 1. The average molecular weight is 232 g/mol. The fraction of sp³-hybridized carbons (Fsp3) is 0.0909. The molecule has 2 rings (SSSR count). The number of hydrogen-bond donors (Lipinski definition) is 0. The Balaban J connectivity index is 2.42. The van der Waals surface area contributed by atoms with E-state index in [2.05, 4.69) is 9.37 Å². The average Bonchev–Trinajstić information content (AvgIpc) is 2.78. The van der Waals surface area contributed by atoms with Crippen molar-refractivity contribution < 1.29 is 9.53 Å². The number of methoxy groups -OCH3 is 1. The molecule has 0 spiro atoms. The number of hydrogen-bond acceptors (Lipinski definition) is 5. The summed E-state index contributed by atoms with van der Waals surface area (Å²) < 4.78 is 9.06. The van der Waals surface area contributed by atoms with Crippen molar-refractivity contribution in [1.82, 2.24) is 4.37 Å². The van der Waals surface area contributed by atoms with Gasteiger partial charge in [0.15, 0.2) is 0 Å². The number of ether oxygens (including phenoxy) is 1. The number of benzene rings is 1. The molecule has 0 aliphatic carbocycles. The maximum atomic E-state index is 10.2. The van der Waals surface area contributed by atoms with Crippen molar-refractivity contribution in [2.75, 3.05) is 7.11 Å². The minimum atomic E-state index is 0.546. The zero-order valence-corrected chi connectivity index (χ0v) is 9.32. The van der Waals surface area contributed by atoms with Crippen molar-refractivity contribution in [3.63, 3.8) is 0 Å². The van der Waals surface area contributed by atoms with E-state index in [1.54, 1.807) is 13.3 Å². The Kier molecular flexibility index (Phi) is 3.10. The monoisotopic (exact) mass is 232 g/mol. The van der Waals surface area contributed by atoms with E-state index in [-0.39, 0.29) is 0 Å². The summed E-state index contributed by atoms with van der Waals surface area (Å²) in [5, 5.41) is 0. The molecule has 4 nitrogen and oxygen atoms in total. The molecule has 16 heavy (non-hydrogen) atoms. The maximum absolute atomic E-state index is 10.2. The van der Waals surface area contributed by atoms with Gasteiger partial charge in [-0.1, -0.05) is 0 Å². The van der Waals surface area contributed by atoms with Crippen LogP contribution in [0.4, 0.5) is 5.69 Å². The van der Waals surface area contributed by atoms with Crippen molar-refractivity contribution in [3.8, 4) is 16.2 Å². The zero-order valence-electron chi connectivity index (χ0n) is 8.51. The lowest BCUT2D eigenvalue weighted by Crippen LogP contribution is -1.81. The van der Waals surface area contributed by atoms with E-state index in [9.17, 15) is 4.79 Å². The second kappa shape index (κ2) is 4.70. The van der Waals surface area contributed by atoms with Crippen LogP contribution in [0.25, 0.3) is 10.4 Å². The molecule has 2 aromatic rings. The van der Waals surface area contributed by atoms with E-state index < -0.39 is 0 Å². The van der Waals surface area contributed by atoms with Crippen molar-refractivity contribution in [1.29, 1.82) is 0 Å². The molecule has 80 valence electrons. The molecular formula is C11H8N2O2S. The quantitative estimate of drug-likeness (QED) is 0.604. The second-order valence-electron chi connectivity index (χ2n) is 2.97. The van der Waals surface area contributed by atoms with Gasteiger partial charge in [0.2, 0.25) is 6.08 Å². The molecule has 0 bridgehead atoms. The first-order valence-electron chi connectivity index (χ1n) is 4.52. The first-order valence-corrected chi connectivity index (χ1v) is 5.29. The number of aliphatic imine (C=N–C) groups is 1. The predicted octanol–water partition coefficient (Wildman–Crippen LogP) is 2.79.